The van der Waals surface area contributed by atoms with Gasteiger partial charge in [0.25, 0.3) is 0 Å². The third-order valence-corrected chi connectivity index (χ3v) is 2.94. The standard InChI is InChI=1S/C12H13N3/c13-12(8-5-6-8)11-7-14-9-3-1-2-4-10(9)15-11/h1-4,7-8,12H,5-6,13H2. The first-order chi connectivity index (χ1) is 7.34. The Morgan fingerprint density at radius 1 is 1.20 bits per heavy atom. The number of hydrogen-bond donors (Lipinski definition) is 1. The Kier molecular flexibility index (Phi) is 1.92. The minimum Gasteiger partial charge on any atom is -0.322 e. The number of aromatic nitrogens is 2. The highest BCUT2D eigenvalue weighted by Gasteiger charge is 2.30. The quantitative estimate of drug-likeness (QED) is 0.805. The average Bonchev–Trinajstić information content (AvgIpc) is 3.11. The van der Waals surface area contributed by atoms with Gasteiger partial charge in [0.05, 0.1) is 29.0 Å². The van der Waals surface area contributed by atoms with E-state index in [1.54, 1.807) is 0 Å². The molecule has 2 N–H and O–H groups in total. The molecule has 1 aromatic carbocycles. The van der Waals surface area contributed by atoms with Crippen molar-refractivity contribution in [2.24, 2.45) is 11.7 Å². The number of nitrogens with zero attached hydrogens (tertiary/aromatic N) is 2. The molecule has 2 aromatic rings. The summed E-state index contributed by atoms with van der Waals surface area (Å²) < 4.78 is 0. The number of fused-ring (bicyclic) bond motifs is 1. The van der Waals surface area contributed by atoms with Crippen LogP contribution in [0.5, 0.6) is 0 Å². The monoisotopic (exact) mass is 199 g/mol. The van der Waals surface area contributed by atoms with E-state index in [-0.39, 0.29) is 6.04 Å². The van der Waals surface area contributed by atoms with Crippen LogP contribution in [-0.4, -0.2) is 9.97 Å². The zero-order valence-corrected chi connectivity index (χ0v) is 8.43. The van der Waals surface area contributed by atoms with Crippen LogP contribution >= 0.6 is 0 Å². The first kappa shape index (κ1) is 8.80. The van der Waals surface area contributed by atoms with Crippen molar-refractivity contribution in [2.45, 2.75) is 18.9 Å². The molecule has 0 radical (unpaired) electrons. The van der Waals surface area contributed by atoms with Crippen LogP contribution in [0.2, 0.25) is 0 Å². The largest absolute Gasteiger partial charge is 0.322 e. The molecule has 1 saturated carbocycles. The first-order valence-electron chi connectivity index (χ1n) is 5.32. The minimum absolute atomic E-state index is 0.0714. The van der Waals surface area contributed by atoms with E-state index in [9.17, 15) is 0 Å². The summed E-state index contributed by atoms with van der Waals surface area (Å²) in [4.78, 5) is 8.92. The summed E-state index contributed by atoms with van der Waals surface area (Å²) in [5, 5.41) is 0. The van der Waals surface area contributed by atoms with Crippen LogP contribution in [0.4, 0.5) is 0 Å². The molecule has 3 rings (SSSR count). The van der Waals surface area contributed by atoms with Crippen molar-refractivity contribution in [1.82, 2.24) is 9.97 Å². The van der Waals surface area contributed by atoms with Crippen LogP contribution in [0.1, 0.15) is 24.6 Å². The molecule has 76 valence electrons. The van der Waals surface area contributed by atoms with E-state index < -0.39 is 0 Å². The Balaban J connectivity index is 2.05. The van der Waals surface area contributed by atoms with Crippen molar-refractivity contribution < 1.29 is 0 Å². The van der Waals surface area contributed by atoms with Crippen LogP contribution in [0.3, 0.4) is 0 Å². The molecule has 1 atom stereocenters. The van der Waals surface area contributed by atoms with E-state index in [1.807, 2.05) is 30.5 Å². The highest BCUT2D eigenvalue weighted by Crippen LogP contribution is 2.38. The fraction of sp³-hybridized carbons (Fsp3) is 0.333. The molecule has 15 heavy (non-hydrogen) atoms. The van der Waals surface area contributed by atoms with Crippen LogP contribution in [0.15, 0.2) is 30.5 Å². The second-order valence-electron chi connectivity index (χ2n) is 4.15. The second kappa shape index (κ2) is 3.28. The van der Waals surface area contributed by atoms with Gasteiger partial charge in [0.15, 0.2) is 0 Å². The topological polar surface area (TPSA) is 51.8 Å². The fourth-order valence-corrected chi connectivity index (χ4v) is 1.83. The summed E-state index contributed by atoms with van der Waals surface area (Å²) in [5.74, 6) is 0.625. The highest BCUT2D eigenvalue weighted by atomic mass is 14.9. The normalized spacial score (nSPS) is 17.9. The lowest BCUT2D eigenvalue weighted by molar-refractivity contribution is 0.614. The van der Waals surface area contributed by atoms with Gasteiger partial charge < -0.3 is 5.73 Å². The third-order valence-electron chi connectivity index (χ3n) is 2.94. The van der Waals surface area contributed by atoms with Crippen LogP contribution in [-0.2, 0) is 0 Å². The Labute approximate surface area is 88.3 Å². The van der Waals surface area contributed by atoms with Gasteiger partial charge in [0, 0.05) is 0 Å². The van der Waals surface area contributed by atoms with Crippen molar-refractivity contribution in [3.63, 3.8) is 0 Å². The van der Waals surface area contributed by atoms with E-state index in [4.69, 9.17) is 5.73 Å². The fourth-order valence-electron chi connectivity index (χ4n) is 1.83. The van der Waals surface area contributed by atoms with Crippen LogP contribution in [0, 0.1) is 5.92 Å². The molecular weight excluding hydrogens is 186 g/mol. The summed E-state index contributed by atoms with van der Waals surface area (Å²) in [6.07, 6.45) is 4.27. The van der Waals surface area contributed by atoms with E-state index >= 15 is 0 Å². The molecule has 1 aliphatic rings. The van der Waals surface area contributed by atoms with Crippen molar-refractivity contribution in [3.05, 3.63) is 36.2 Å². The van der Waals surface area contributed by atoms with E-state index in [0.29, 0.717) is 5.92 Å². The van der Waals surface area contributed by atoms with Gasteiger partial charge in [-0.2, -0.15) is 0 Å². The summed E-state index contributed by atoms with van der Waals surface area (Å²) in [7, 11) is 0. The van der Waals surface area contributed by atoms with E-state index in [2.05, 4.69) is 9.97 Å². The molecule has 0 saturated heterocycles. The van der Waals surface area contributed by atoms with Gasteiger partial charge in [-0.05, 0) is 30.9 Å². The van der Waals surface area contributed by atoms with Gasteiger partial charge in [0.2, 0.25) is 0 Å². The first-order valence-corrected chi connectivity index (χ1v) is 5.32. The number of hydrogen-bond acceptors (Lipinski definition) is 3. The predicted molar refractivity (Wildman–Crippen MR) is 59.2 cm³/mol. The molecule has 0 amide bonds. The molecule has 1 fully saturated rings. The highest BCUT2D eigenvalue weighted by molar-refractivity contribution is 5.73. The molecule has 1 aromatic heterocycles. The Morgan fingerprint density at radius 3 is 2.67 bits per heavy atom. The lowest BCUT2D eigenvalue weighted by Crippen LogP contribution is -2.14. The number of rotatable bonds is 2. The maximum Gasteiger partial charge on any atom is 0.0890 e. The molecule has 0 bridgehead atoms. The molecule has 1 heterocycles. The van der Waals surface area contributed by atoms with Gasteiger partial charge in [-0.15, -0.1) is 0 Å². The summed E-state index contributed by atoms with van der Waals surface area (Å²) >= 11 is 0. The van der Waals surface area contributed by atoms with Gasteiger partial charge in [-0.3, -0.25) is 4.98 Å². The van der Waals surface area contributed by atoms with E-state index in [1.165, 1.54) is 12.8 Å². The van der Waals surface area contributed by atoms with Gasteiger partial charge in [0.1, 0.15) is 0 Å². The second-order valence-corrected chi connectivity index (χ2v) is 4.15. The summed E-state index contributed by atoms with van der Waals surface area (Å²) in [6.45, 7) is 0. The lowest BCUT2D eigenvalue weighted by Gasteiger charge is -2.09. The van der Waals surface area contributed by atoms with Crippen molar-refractivity contribution in [1.29, 1.82) is 0 Å². The maximum absolute atomic E-state index is 6.09. The SMILES string of the molecule is NC(c1cnc2ccccc2n1)C1CC1. The predicted octanol–water partition coefficient (Wildman–Crippen LogP) is 2.04. The minimum atomic E-state index is 0.0714. The smallest absolute Gasteiger partial charge is 0.0890 e. The zero-order valence-electron chi connectivity index (χ0n) is 8.43. The number of para-hydroxylation sites is 2. The van der Waals surface area contributed by atoms with Crippen LogP contribution < -0.4 is 5.73 Å². The Hall–Kier alpha value is -1.48. The summed E-state index contributed by atoms with van der Waals surface area (Å²) in [6, 6.07) is 7.96. The molecule has 3 heteroatoms. The zero-order chi connectivity index (χ0) is 10.3. The third kappa shape index (κ3) is 1.59. The average molecular weight is 199 g/mol. The molecular formula is C12H13N3. The van der Waals surface area contributed by atoms with Crippen molar-refractivity contribution in [2.75, 3.05) is 0 Å². The van der Waals surface area contributed by atoms with Gasteiger partial charge >= 0.3 is 0 Å². The van der Waals surface area contributed by atoms with Crippen molar-refractivity contribution >= 4 is 11.0 Å². The maximum atomic E-state index is 6.09. The Morgan fingerprint density at radius 2 is 1.93 bits per heavy atom. The van der Waals surface area contributed by atoms with Crippen molar-refractivity contribution in [3.8, 4) is 0 Å². The molecule has 0 spiro atoms. The molecule has 1 unspecified atom stereocenters. The lowest BCUT2D eigenvalue weighted by atomic mass is 10.1. The molecule has 1 aliphatic carbocycles. The Bertz CT molecular complexity index is 491. The van der Waals surface area contributed by atoms with Gasteiger partial charge in [-0.1, -0.05) is 12.1 Å². The van der Waals surface area contributed by atoms with E-state index in [0.717, 1.165) is 16.7 Å². The van der Waals surface area contributed by atoms with Gasteiger partial charge in [-0.25, -0.2) is 4.98 Å². The number of nitrogens with two attached hydrogens (primary N) is 1. The summed E-state index contributed by atoms with van der Waals surface area (Å²) in [5.41, 5.74) is 8.89. The number of benzene rings is 1. The van der Waals surface area contributed by atoms with Crippen LogP contribution in [0.25, 0.3) is 11.0 Å². The molecule has 3 nitrogen and oxygen atoms in total. The molecule has 0 aliphatic heterocycles.